The van der Waals surface area contributed by atoms with Gasteiger partial charge in [0, 0.05) is 39.9 Å². The lowest BCUT2D eigenvalue weighted by molar-refractivity contribution is 0.669. The minimum atomic E-state index is 0.856. The summed E-state index contributed by atoms with van der Waals surface area (Å²) in [5.74, 6) is 0. The molecule has 0 bridgehead atoms. The van der Waals surface area contributed by atoms with E-state index in [4.69, 9.17) is 4.42 Å². The number of pyridine rings is 1. The molecule has 0 atom stereocenters. The van der Waals surface area contributed by atoms with Gasteiger partial charge in [-0.25, -0.2) is 0 Å². The predicted molar refractivity (Wildman–Crippen MR) is 218 cm³/mol. The normalized spacial score (nSPS) is 12.9. The van der Waals surface area contributed by atoms with Crippen molar-refractivity contribution in [1.29, 1.82) is 0 Å². The predicted octanol–water partition coefficient (Wildman–Crippen LogP) is 13.8. The van der Waals surface area contributed by atoms with Crippen LogP contribution in [0, 0.1) is 0 Å². The second-order valence-electron chi connectivity index (χ2n) is 13.5. The molecule has 7 aromatic carbocycles. The lowest BCUT2D eigenvalue weighted by Gasteiger charge is -2.26. The fraction of sp³-hybridized carbons (Fsp3) is 0.0408. The van der Waals surface area contributed by atoms with Crippen molar-refractivity contribution in [2.75, 3.05) is 4.90 Å². The highest BCUT2D eigenvalue weighted by atomic mass is 16.3. The number of hydrogen-bond donors (Lipinski definition) is 0. The summed E-state index contributed by atoms with van der Waals surface area (Å²) in [6.45, 7) is 0. The maximum absolute atomic E-state index is 6.74. The highest BCUT2D eigenvalue weighted by Crippen LogP contribution is 2.44. The van der Waals surface area contributed by atoms with Crippen LogP contribution in [-0.4, -0.2) is 4.98 Å². The van der Waals surface area contributed by atoms with Crippen molar-refractivity contribution in [3.05, 3.63) is 188 Å². The molecule has 3 nitrogen and oxygen atoms in total. The molecular formula is C49H34N2O. The van der Waals surface area contributed by atoms with Crippen LogP contribution in [0.15, 0.2) is 187 Å². The number of para-hydroxylation sites is 1. The van der Waals surface area contributed by atoms with E-state index in [1.54, 1.807) is 0 Å². The monoisotopic (exact) mass is 666 g/mol. The van der Waals surface area contributed by atoms with Gasteiger partial charge in [0.25, 0.3) is 0 Å². The first-order valence-corrected chi connectivity index (χ1v) is 17.9. The van der Waals surface area contributed by atoms with Gasteiger partial charge in [-0.3, -0.25) is 4.98 Å². The summed E-state index contributed by atoms with van der Waals surface area (Å²) in [5, 5.41) is 6.87. The van der Waals surface area contributed by atoms with Crippen LogP contribution in [0.25, 0.3) is 71.3 Å². The van der Waals surface area contributed by atoms with E-state index in [0.29, 0.717) is 0 Å². The summed E-state index contributed by atoms with van der Waals surface area (Å²) in [5.41, 5.74) is 12.2. The summed E-state index contributed by atoms with van der Waals surface area (Å²) in [6, 6.07) is 54.6. The molecule has 0 fully saturated rings. The number of furan rings is 1. The minimum Gasteiger partial charge on any atom is -0.454 e. The van der Waals surface area contributed by atoms with Crippen molar-refractivity contribution in [3.63, 3.8) is 0 Å². The molecule has 0 radical (unpaired) electrons. The molecule has 1 aliphatic carbocycles. The second-order valence-corrected chi connectivity index (χ2v) is 13.5. The molecule has 0 saturated heterocycles. The summed E-state index contributed by atoms with van der Waals surface area (Å²) < 4.78 is 6.74. The highest BCUT2D eigenvalue weighted by Gasteiger charge is 2.20. The Morgan fingerprint density at radius 1 is 0.519 bits per heavy atom. The Morgan fingerprint density at radius 3 is 1.90 bits per heavy atom. The second kappa shape index (κ2) is 12.6. The fourth-order valence-corrected chi connectivity index (χ4v) is 7.81. The lowest BCUT2D eigenvalue weighted by atomic mass is 9.92. The van der Waals surface area contributed by atoms with Gasteiger partial charge in [-0.15, -0.1) is 0 Å². The molecule has 2 heterocycles. The topological polar surface area (TPSA) is 29.3 Å². The quantitative estimate of drug-likeness (QED) is 0.177. The summed E-state index contributed by atoms with van der Waals surface area (Å²) in [6.07, 6.45) is 12.8. The third kappa shape index (κ3) is 5.18. The average Bonchev–Trinajstić information content (AvgIpc) is 3.59. The number of hydrogen-bond acceptors (Lipinski definition) is 3. The average molecular weight is 667 g/mol. The molecule has 0 amide bonds. The van der Waals surface area contributed by atoms with Crippen LogP contribution in [0.3, 0.4) is 0 Å². The zero-order valence-electron chi connectivity index (χ0n) is 28.5. The zero-order chi connectivity index (χ0) is 34.4. The van der Waals surface area contributed by atoms with Crippen molar-refractivity contribution >= 4 is 66.1 Å². The maximum atomic E-state index is 6.74. The van der Waals surface area contributed by atoms with Gasteiger partial charge in [0.05, 0.1) is 5.69 Å². The van der Waals surface area contributed by atoms with E-state index in [1.807, 2.05) is 18.5 Å². The highest BCUT2D eigenvalue weighted by molar-refractivity contribution is 6.13. The Kier molecular flexibility index (Phi) is 7.28. The number of nitrogens with zero attached hydrogens (tertiary/aromatic N) is 2. The first-order chi connectivity index (χ1) is 25.8. The van der Waals surface area contributed by atoms with Crippen molar-refractivity contribution in [2.45, 2.75) is 12.8 Å². The molecule has 246 valence electrons. The first kappa shape index (κ1) is 30.1. The molecule has 0 saturated carbocycles. The zero-order valence-corrected chi connectivity index (χ0v) is 28.5. The molecule has 2 aromatic heterocycles. The van der Waals surface area contributed by atoms with Gasteiger partial charge in [0.2, 0.25) is 0 Å². The van der Waals surface area contributed by atoms with E-state index < -0.39 is 0 Å². The van der Waals surface area contributed by atoms with Crippen LogP contribution < -0.4 is 4.90 Å². The van der Waals surface area contributed by atoms with Crippen LogP contribution in [0.4, 0.5) is 17.1 Å². The molecule has 0 N–H and O–H groups in total. The number of benzene rings is 7. The van der Waals surface area contributed by atoms with Gasteiger partial charge in [-0.2, -0.15) is 0 Å². The van der Waals surface area contributed by atoms with Gasteiger partial charge in [-0.1, -0.05) is 121 Å². The lowest BCUT2D eigenvalue weighted by Crippen LogP contribution is -2.10. The molecular weight excluding hydrogens is 633 g/mol. The van der Waals surface area contributed by atoms with Crippen molar-refractivity contribution in [1.82, 2.24) is 4.98 Å². The summed E-state index contributed by atoms with van der Waals surface area (Å²) in [4.78, 5) is 6.69. The summed E-state index contributed by atoms with van der Waals surface area (Å²) in [7, 11) is 0. The molecule has 52 heavy (non-hydrogen) atoms. The molecule has 0 spiro atoms. The molecule has 1 aliphatic rings. The van der Waals surface area contributed by atoms with E-state index in [9.17, 15) is 0 Å². The molecule has 9 aromatic rings. The van der Waals surface area contributed by atoms with Crippen molar-refractivity contribution in [3.8, 4) is 22.3 Å². The van der Waals surface area contributed by atoms with Crippen LogP contribution in [0.2, 0.25) is 0 Å². The Balaban J connectivity index is 1.11. The third-order valence-corrected chi connectivity index (χ3v) is 10.4. The van der Waals surface area contributed by atoms with E-state index in [0.717, 1.165) is 62.6 Å². The SMILES string of the molecule is C1=CC(c2ccc(N(c3ccc(-c4ccc(-c5ccccc5)c5ccccc45)cc3)c3cccc4c3oc3cc5ccncc5cc34)cc2)=CCC1. The minimum absolute atomic E-state index is 0.856. The maximum Gasteiger partial charge on any atom is 0.159 e. The third-order valence-electron chi connectivity index (χ3n) is 10.4. The number of aromatic nitrogens is 1. The first-order valence-electron chi connectivity index (χ1n) is 17.9. The smallest absolute Gasteiger partial charge is 0.159 e. The van der Waals surface area contributed by atoms with E-state index in [-0.39, 0.29) is 0 Å². The Morgan fingerprint density at radius 2 is 1.19 bits per heavy atom. The van der Waals surface area contributed by atoms with Gasteiger partial charge >= 0.3 is 0 Å². The van der Waals surface area contributed by atoms with Crippen LogP contribution in [-0.2, 0) is 0 Å². The number of allylic oxidation sites excluding steroid dienone is 4. The van der Waals surface area contributed by atoms with E-state index in [2.05, 4.69) is 174 Å². The Hall–Kier alpha value is -6.71. The fourth-order valence-electron chi connectivity index (χ4n) is 7.81. The molecule has 0 aliphatic heterocycles. The standard InChI is InChI=1S/C49H34N2O/c1-3-10-33(11-4-1)34-18-22-39(23-19-34)51(47-17-9-16-45-46-30-38-32-50-29-28-37(38)31-48(46)52-49(45)47)40-24-20-36(21-25-40)42-27-26-41(35-12-5-2-6-13-35)43-14-7-8-15-44(42)43/h2-3,5-32H,1,4H2. The summed E-state index contributed by atoms with van der Waals surface area (Å²) >= 11 is 0. The number of anilines is 3. The van der Waals surface area contributed by atoms with Gasteiger partial charge in [-0.05, 0) is 111 Å². The van der Waals surface area contributed by atoms with Crippen molar-refractivity contribution in [2.24, 2.45) is 0 Å². The number of rotatable bonds is 6. The van der Waals surface area contributed by atoms with Gasteiger partial charge < -0.3 is 9.32 Å². The van der Waals surface area contributed by atoms with Gasteiger partial charge in [0.15, 0.2) is 5.58 Å². The van der Waals surface area contributed by atoms with Crippen LogP contribution >= 0.6 is 0 Å². The molecule has 0 unspecified atom stereocenters. The Labute approximate surface area is 302 Å². The molecule has 10 rings (SSSR count). The molecule has 3 heteroatoms. The Bertz CT molecular complexity index is 2830. The van der Waals surface area contributed by atoms with Crippen LogP contribution in [0.5, 0.6) is 0 Å². The van der Waals surface area contributed by atoms with Crippen molar-refractivity contribution < 1.29 is 4.42 Å². The van der Waals surface area contributed by atoms with Gasteiger partial charge in [0.1, 0.15) is 5.58 Å². The van der Waals surface area contributed by atoms with E-state index >= 15 is 0 Å². The van der Waals surface area contributed by atoms with Crippen LogP contribution in [0.1, 0.15) is 18.4 Å². The van der Waals surface area contributed by atoms with E-state index in [1.165, 1.54) is 44.2 Å². The largest absolute Gasteiger partial charge is 0.454 e. The number of fused-ring (bicyclic) bond motifs is 5.